The molecule has 0 radical (unpaired) electrons. The highest BCUT2D eigenvalue weighted by Gasteiger charge is 2.22. The second-order valence-electron chi connectivity index (χ2n) is 5.35. The molecule has 2 unspecified atom stereocenters. The van der Waals surface area contributed by atoms with Crippen molar-refractivity contribution in [1.82, 2.24) is 5.32 Å². The van der Waals surface area contributed by atoms with Crippen molar-refractivity contribution in [3.8, 4) is 0 Å². The van der Waals surface area contributed by atoms with Crippen molar-refractivity contribution in [2.45, 2.75) is 38.6 Å². The maximum Gasteiger partial charge on any atom is 0.261 e. The van der Waals surface area contributed by atoms with Crippen LogP contribution in [0.15, 0.2) is 35.5 Å². The quantitative estimate of drug-likeness (QED) is 0.663. The van der Waals surface area contributed by atoms with Gasteiger partial charge in [0.05, 0.1) is 6.21 Å². The van der Waals surface area contributed by atoms with Crippen molar-refractivity contribution >= 4 is 12.1 Å². The van der Waals surface area contributed by atoms with Crippen molar-refractivity contribution in [3.05, 3.63) is 35.9 Å². The van der Waals surface area contributed by atoms with E-state index in [2.05, 4.69) is 17.4 Å². The topological polar surface area (TPSA) is 50.7 Å². The number of amides is 1. The number of carbonyl (C=O) groups excluding carboxylic acids is 1. The lowest BCUT2D eigenvalue weighted by Crippen LogP contribution is -2.42. The van der Waals surface area contributed by atoms with E-state index in [1.54, 1.807) is 6.21 Å². The molecule has 0 spiro atoms. The van der Waals surface area contributed by atoms with Gasteiger partial charge < -0.3 is 10.2 Å². The van der Waals surface area contributed by atoms with E-state index >= 15 is 0 Å². The minimum atomic E-state index is -0.0889. The lowest BCUT2D eigenvalue weighted by atomic mass is 9.86. The molecule has 1 fully saturated rings. The van der Waals surface area contributed by atoms with Crippen LogP contribution in [0.4, 0.5) is 0 Å². The van der Waals surface area contributed by atoms with Gasteiger partial charge in [0.2, 0.25) is 0 Å². The number of benzene rings is 1. The zero-order valence-corrected chi connectivity index (χ0v) is 11.9. The van der Waals surface area contributed by atoms with E-state index in [1.165, 1.54) is 19.3 Å². The molecular weight excluding hydrogens is 252 g/mol. The van der Waals surface area contributed by atoms with Crippen LogP contribution in [0, 0.1) is 5.92 Å². The molecule has 0 bridgehead atoms. The summed E-state index contributed by atoms with van der Waals surface area (Å²) in [5.74, 6) is 0.467. The Morgan fingerprint density at radius 1 is 1.35 bits per heavy atom. The molecule has 0 heterocycles. The fourth-order valence-electron chi connectivity index (χ4n) is 2.51. The molecule has 2 atom stereocenters. The predicted octanol–water partition coefficient (Wildman–Crippen LogP) is 2.73. The van der Waals surface area contributed by atoms with Gasteiger partial charge in [-0.15, -0.1) is 0 Å². The first-order chi connectivity index (χ1) is 9.75. The number of nitrogens with one attached hydrogen (secondary N) is 1. The molecule has 108 valence electrons. The van der Waals surface area contributed by atoms with Gasteiger partial charge in [-0.05, 0) is 24.3 Å². The highest BCUT2D eigenvalue weighted by atomic mass is 16.6. The number of hydrogen-bond donors (Lipinski definition) is 1. The molecule has 1 saturated carbocycles. The first-order valence-corrected chi connectivity index (χ1v) is 7.25. The Morgan fingerprint density at radius 2 is 2.10 bits per heavy atom. The minimum Gasteiger partial charge on any atom is -0.386 e. The second kappa shape index (κ2) is 7.68. The standard InChI is InChI=1S/C16H22N2O2/c1-13-7-5-6-10-15(13)18-16(19)12-20-17-11-14-8-3-2-4-9-14/h2-4,8-9,11,13,15H,5-7,10,12H2,1H3,(H,18,19)/b17-11+. The Hall–Kier alpha value is -1.84. The van der Waals surface area contributed by atoms with Crippen molar-refractivity contribution < 1.29 is 9.63 Å². The molecule has 2 rings (SSSR count). The molecule has 20 heavy (non-hydrogen) atoms. The molecule has 1 aliphatic carbocycles. The van der Waals surface area contributed by atoms with Gasteiger partial charge in [0, 0.05) is 6.04 Å². The fourth-order valence-corrected chi connectivity index (χ4v) is 2.51. The third-order valence-electron chi connectivity index (χ3n) is 3.73. The molecule has 1 amide bonds. The number of hydrogen-bond acceptors (Lipinski definition) is 3. The Morgan fingerprint density at radius 3 is 2.85 bits per heavy atom. The van der Waals surface area contributed by atoms with Crippen LogP contribution in [0.25, 0.3) is 0 Å². The van der Waals surface area contributed by atoms with Gasteiger partial charge in [-0.3, -0.25) is 4.79 Å². The van der Waals surface area contributed by atoms with Crippen LogP contribution in [0.1, 0.15) is 38.2 Å². The summed E-state index contributed by atoms with van der Waals surface area (Å²) in [5, 5.41) is 6.84. The van der Waals surface area contributed by atoms with E-state index in [9.17, 15) is 4.79 Å². The number of rotatable bonds is 5. The average Bonchev–Trinajstić information content (AvgIpc) is 2.47. The van der Waals surface area contributed by atoms with Crippen LogP contribution in [-0.4, -0.2) is 24.8 Å². The van der Waals surface area contributed by atoms with E-state index in [1.807, 2.05) is 30.3 Å². The van der Waals surface area contributed by atoms with Crippen LogP contribution < -0.4 is 5.32 Å². The van der Waals surface area contributed by atoms with E-state index in [0.717, 1.165) is 12.0 Å². The molecular formula is C16H22N2O2. The summed E-state index contributed by atoms with van der Waals surface area (Å²) in [7, 11) is 0. The van der Waals surface area contributed by atoms with Crippen LogP contribution in [-0.2, 0) is 9.63 Å². The smallest absolute Gasteiger partial charge is 0.261 e. The zero-order valence-electron chi connectivity index (χ0n) is 11.9. The molecule has 4 nitrogen and oxygen atoms in total. The molecule has 1 aromatic rings. The fraction of sp³-hybridized carbons (Fsp3) is 0.500. The molecule has 1 aromatic carbocycles. The van der Waals surface area contributed by atoms with Gasteiger partial charge in [0.25, 0.3) is 5.91 Å². The SMILES string of the molecule is CC1CCCCC1NC(=O)CO/N=C/c1ccccc1. The summed E-state index contributed by atoms with van der Waals surface area (Å²) in [6, 6.07) is 9.94. The van der Waals surface area contributed by atoms with Crippen LogP contribution >= 0.6 is 0 Å². The largest absolute Gasteiger partial charge is 0.386 e. The maximum absolute atomic E-state index is 11.8. The summed E-state index contributed by atoms with van der Waals surface area (Å²) >= 11 is 0. The lowest BCUT2D eigenvalue weighted by molar-refractivity contribution is -0.126. The number of oxime groups is 1. The van der Waals surface area contributed by atoms with Gasteiger partial charge in [0.1, 0.15) is 0 Å². The Bertz CT molecular complexity index is 445. The average molecular weight is 274 g/mol. The van der Waals surface area contributed by atoms with E-state index in [4.69, 9.17) is 4.84 Å². The van der Waals surface area contributed by atoms with Crippen LogP contribution in [0.3, 0.4) is 0 Å². The summed E-state index contributed by atoms with van der Waals surface area (Å²) in [4.78, 5) is 16.8. The summed E-state index contributed by atoms with van der Waals surface area (Å²) in [6.07, 6.45) is 6.34. The van der Waals surface area contributed by atoms with Crippen molar-refractivity contribution in [2.75, 3.05) is 6.61 Å². The van der Waals surface area contributed by atoms with Gasteiger partial charge in [-0.2, -0.15) is 0 Å². The van der Waals surface area contributed by atoms with Crippen molar-refractivity contribution in [2.24, 2.45) is 11.1 Å². The number of carbonyl (C=O) groups is 1. The molecule has 1 N–H and O–H groups in total. The molecule has 4 heteroatoms. The highest BCUT2D eigenvalue weighted by molar-refractivity contribution is 5.79. The first-order valence-electron chi connectivity index (χ1n) is 7.25. The molecule has 0 aromatic heterocycles. The maximum atomic E-state index is 11.8. The molecule has 0 aliphatic heterocycles. The molecule has 0 saturated heterocycles. The third-order valence-corrected chi connectivity index (χ3v) is 3.73. The number of nitrogens with zero attached hydrogens (tertiary/aromatic N) is 1. The second-order valence-corrected chi connectivity index (χ2v) is 5.35. The Balaban J connectivity index is 1.68. The van der Waals surface area contributed by atoms with Gasteiger partial charge in [-0.1, -0.05) is 55.3 Å². The summed E-state index contributed by atoms with van der Waals surface area (Å²) in [6.45, 7) is 2.17. The summed E-state index contributed by atoms with van der Waals surface area (Å²) < 4.78 is 0. The normalized spacial score (nSPS) is 22.6. The van der Waals surface area contributed by atoms with Gasteiger partial charge in [-0.25, -0.2) is 0 Å². The predicted molar refractivity (Wildman–Crippen MR) is 79.6 cm³/mol. The Kier molecular flexibility index (Phi) is 5.59. The van der Waals surface area contributed by atoms with Crippen LogP contribution in [0.2, 0.25) is 0 Å². The monoisotopic (exact) mass is 274 g/mol. The summed E-state index contributed by atoms with van der Waals surface area (Å²) in [5.41, 5.74) is 0.953. The zero-order chi connectivity index (χ0) is 14.2. The van der Waals surface area contributed by atoms with Gasteiger partial charge >= 0.3 is 0 Å². The molecule has 1 aliphatic rings. The van der Waals surface area contributed by atoms with E-state index < -0.39 is 0 Å². The van der Waals surface area contributed by atoms with Crippen LogP contribution in [0.5, 0.6) is 0 Å². The van der Waals surface area contributed by atoms with Gasteiger partial charge in [0.15, 0.2) is 6.61 Å². The highest BCUT2D eigenvalue weighted by Crippen LogP contribution is 2.23. The van der Waals surface area contributed by atoms with Crippen molar-refractivity contribution in [1.29, 1.82) is 0 Å². The van der Waals surface area contributed by atoms with Crippen molar-refractivity contribution in [3.63, 3.8) is 0 Å². The first kappa shape index (κ1) is 14.6. The minimum absolute atomic E-state index is 0.0213. The lowest BCUT2D eigenvalue weighted by Gasteiger charge is -2.29. The van der Waals surface area contributed by atoms with E-state index in [0.29, 0.717) is 5.92 Å². The van der Waals surface area contributed by atoms with E-state index in [-0.39, 0.29) is 18.6 Å². The third kappa shape index (κ3) is 4.68. The Labute approximate surface area is 120 Å².